The number of carbonyl (C=O) groups is 4. The fourth-order valence-corrected chi connectivity index (χ4v) is 2.89. The first kappa shape index (κ1) is 25.7. The minimum Gasteiger partial charge on any atom is -0.508 e. The van der Waals surface area contributed by atoms with Crippen LogP contribution in [0.3, 0.4) is 0 Å². The Morgan fingerprint density at radius 2 is 1.65 bits per heavy atom. The molecule has 31 heavy (non-hydrogen) atoms. The third-order valence-electron chi connectivity index (χ3n) is 4.64. The summed E-state index contributed by atoms with van der Waals surface area (Å²) in [5.74, 6) is -2.05. The number of unbranched alkanes of at least 4 members (excludes halogenated alkanes) is 2. The Kier molecular flexibility index (Phi) is 10.8. The van der Waals surface area contributed by atoms with E-state index in [4.69, 9.17) is 5.73 Å². The molecule has 6 N–H and O–H groups in total. The molecule has 0 bridgehead atoms. The van der Waals surface area contributed by atoms with Gasteiger partial charge in [-0.25, -0.2) is 0 Å². The summed E-state index contributed by atoms with van der Waals surface area (Å²) in [4.78, 5) is 48.4. The number of primary amides is 1. The van der Waals surface area contributed by atoms with Crippen LogP contribution >= 0.6 is 0 Å². The maximum Gasteiger partial charge on any atom is 0.243 e. The van der Waals surface area contributed by atoms with Crippen LogP contribution in [0.25, 0.3) is 0 Å². The van der Waals surface area contributed by atoms with Crippen molar-refractivity contribution in [3.05, 3.63) is 42.5 Å². The maximum atomic E-state index is 12.9. The highest BCUT2D eigenvalue weighted by atomic mass is 16.3. The third kappa shape index (κ3) is 9.79. The van der Waals surface area contributed by atoms with Gasteiger partial charge >= 0.3 is 0 Å². The lowest BCUT2D eigenvalue weighted by molar-refractivity contribution is -0.133. The van der Waals surface area contributed by atoms with Gasteiger partial charge in [0.25, 0.3) is 0 Å². The average Bonchev–Trinajstić information content (AvgIpc) is 2.70. The summed E-state index contributed by atoms with van der Waals surface area (Å²) >= 11 is 0. The van der Waals surface area contributed by atoms with E-state index in [1.165, 1.54) is 26.0 Å². The molecule has 0 aliphatic rings. The SMILES string of the molecule is C=CCCCC[C@H](NC(=O)[C@H](Cc1ccc(O)cc1)NC(C)=O)C(=O)N[C@@H](C)C(N)=O. The number of allylic oxidation sites excluding steroid dienone is 1. The van der Waals surface area contributed by atoms with Crippen molar-refractivity contribution < 1.29 is 24.3 Å². The number of hydrogen-bond acceptors (Lipinski definition) is 5. The fraction of sp³-hybridized carbons (Fsp3) is 0.455. The van der Waals surface area contributed by atoms with Gasteiger partial charge in [0.15, 0.2) is 0 Å². The largest absolute Gasteiger partial charge is 0.508 e. The zero-order chi connectivity index (χ0) is 23.4. The molecule has 9 nitrogen and oxygen atoms in total. The van der Waals surface area contributed by atoms with Crippen molar-refractivity contribution in [3.8, 4) is 5.75 Å². The smallest absolute Gasteiger partial charge is 0.243 e. The van der Waals surface area contributed by atoms with Gasteiger partial charge < -0.3 is 26.8 Å². The summed E-state index contributed by atoms with van der Waals surface area (Å²) < 4.78 is 0. The van der Waals surface area contributed by atoms with E-state index in [0.717, 1.165) is 18.4 Å². The number of hydrogen-bond donors (Lipinski definition) is 5. The Morgan fingerprint density at radius 1 is 1.03 bits per heavy atom. The van der Waals surface area contributed by atoms with Crippen molar-refractivity contribution in [2.75, 3.05) is 0 Å². The number of benzene rings is 1. The van der Waals surface area contributed by atoms with Crippen LogP contribution in [0, 0.1) is 0 Å². The summed E-state index contributed by atoms with van der Waals surface area (Å²) in [5, 5.41) is 17.2. The molecule has 0 radical (unpaired) electrons. The summed E-state index contributed by atoms with van der Waals surface area (Å²) in [7, 11) is 0. The molecule has 3 atom stereocenters. The van der Waals surface area contributed by atoms with E-state index < -0.39 is 41.8 Å². The first-order chi connectivity index (χ1) is 14.6. The van der Waals surface area contributed by atoms with Crippen LogP contribution in [-0.4, -0.2) is 46.9 Å². The van der Waals surface area contributed by atoms with Crippen LogP contribution in [0.4, 0.5) is 0 Å². The molecule has 1 aromatic carbocycles. The van der Waals surface area contributed by atoms with E-state index in [2.05, 4.69) is 22.5 Å². The lowest BCUT2D eigenvalue weighted by Crippen LogP contribution is -2.56. The molecule has 0 saturated carbocycles. The minimum absolute atomic E-state index is 0.0871. The molecule has 9 heteroatoms. The van der Waals surface area contributed by atoms with Gasteiger partial charge in [-0.05, 0) is 43.9 Å². The quantitative estimate of drug-likeness (QED) is 0.229. The van der Waals surface area contributed by atoms with Gasteiger partial charge in [0.05, 0.1) is 0 Å². The van der Waals surface area contributed by atoms with Crippen LogP contribution in [0.2, 0.25) is 0 Å². The van der Waals surface area contributed by atoms with Crippen LogP contribution in [-0.2, 0) is 25.6 Å². The highest BCUT2D eigenvalue weighted by Crippen LogP contribution is 2.12. The van der Waals surface area contributed by atoms with Crippen LogP contribution < -0.4 is 21.7 Å². The number of nitrogens with two attached hydrogens (primary N) is 1. The predicted octanol–water partition coefficient (Wildman–Crippen LogP) is 0.661. The second kappa shape index (κ2) is 13.0. The summed E-state index contributed by atoms with van der Waals surface area (Å²) in [6, 6.07) is 3.56. The van der Waals surface area contributed by atoms with Gasteiger partial charge in [-0.1, -0.05) is 24.6 Å². The Hall–Kier alpha value is -3.36. The van der Waals surface area contributed by atoms with Crippen molar-refractivity contribution in [1.82, 2.24) is 16.0 Å². The van der Waals surface area contributed by atoms with Crippen molar-refractivity contribution in [1.29, 1.82) is 0 Å². The second-order valence-corrected chi connectivity index (χ2v) is 7.39. The van der Waals surface area contributed by atoms with E-state index in [9.17, 15) is 24.3 Å². The van der Waals surface area contributed by atoms with Crippen LogP contribution in [0.5, 0.6) is 5.75 Å². The number of phenols is 1. The van der Waals surface area contributed by atoms with Gasteiger partial charge in [-0.3, -0.25) is 19.2 Å². The third-order valence-corrected chi connectivity index (χ3v) is 4.64. The summed E-state index contributed by atoms with van der Waals surface area (Å²) in [5.41, 5.74) is 5.93. The zero-order valence-electron chi connectivity index (χ0n) is 18.0. The van der Waals surface area contributed by atoms with E-state index in [-0.39, 0.29) is 12.2 Å². The van der Waals surface area contributed by atoms with Crippen molar-refractivity contribution >= 4 is 23.6 Å². The van der Waals surface area contributed by atoms with Gasteiger partial charge in [0.2, 0.25) is 23.6 Å². The van der Waals surface area contributed by atoms with E-state index in [1.807, 2.05) is 0 Å². The molecule has 0 aliphatic carbocycles. The number of phenolic OH excluding ortho intramolecular Hbond substituents is 1. The number of amides is 4. The van der Waals surface area contributed by atoms with Crippen molar-refractivity contribution in [2.45, 2.75) is 64.1 Å². The van der Waals surface area contributed by atoms with Gasteiger partial charge in [0, 0.05) is 13.3 Å². The fourth-order valence-electron chi connectivity index (χ4n) is 2.89. The lowest BCUT2D eigenvalue weighted by atomic mass is 10.0. The van der Waals surface area contributed by atoms with Crippen LogP contribution in [0.1, 0.15) is 45.1 Å². The molecule has 1 aromatic rings. The average molecular weight is 433 g/mol. The first-order valence-corrected chi connectivity index (χ1v) is 10.2. The topological polar surface area (TPSA) is 151 Å². The molecule has 0 fully saturated rings. The Morgan fingerprint density at radius 3 is 2.19 bits per heavy atom. The summed E-state index contributed by atoms with van der Waals surface area (Å²) in [6.07, 6.45) is 4.51. The second-order valence-electron chi connectivity index (χ2n) is 7.39. The molecule has 0 aromatic heterocycles. The molecule has 0 spiro atoms. The highest BCUT2D eigenvalue weighted by Gasteiger charge is 2.27. The number of aromatic hydroxyl groups is 1. The Balaban J connectivity index is 2.93. The van der Waals surface area contributed by atoms with Gasteiger partial charge in [-0.2, -0.15) is 0 Å². The van der Waals surface area contributed by atoms with Crippen molar-refractivity contribution in [2.24, 2.45) is 5.73 Å². The Bertz CT molecular complexity index is 779. The lowest BCUT2D eigenvalue weighted by Gasteiger charge is -2.24. The normalized spacial score (nSPS) is 13.4. The van der Waals surface area contributed by atoms with E-state index >= 15 is 0 Å². The number of nitrogens with one attached hydrogen (secondary N) is 3. The molecule has 0 aliphatic heterocycles. The molecular formula is C22H32N4O5. The molecule has 170 valence electrons. The maximum absolute atomic E-state index is 12.9. The zero-order valence-corrected chi connectivity index (χ0v) is 18.0. The summed E-state index contributed by atoms with van der Waals surface area (Å²) in [6.45, 7) is 6.42. The predicted molar refractivity (Wildman–Crippen MR) is 117 cm³/mol. The molecular weight excluding hydrogens is 400 g/mol. The molecule has 4 amide bonds. The standard InChI is InChI=1S/C22H32N4O5/c1-4-5-6-7-8-18(21(30)24-14(2)20(23)29)26-22(31)19(25-15(3)27)13-16-9-11-17(28)12-10-16/h4,9-12,14,18-19,28H,1,5-8,13H2,2-3H3,(H2,23,29)(H,24,30)(H,25,27)(H,26,31)/t14-,18-,19-/m0/s1. The van der Waals surface area contributed by atoms with E-state index in [1.54, 1.807) is 18.2 Å². The Labute approximate surface area is 182 Å². The van der Waals surface area contributed by atoms with Gasteiger partial charge in [-0.15, -0.1) is 6.58 Å². The van der Waals surface area contributed by atoms with E-state index in [0.29, 0.717) is 12.8 Å². The molecule has 1 rings (SSSR count). The number of carbonyl (C=O) groups excluding carboxylic acids is 4. The van der Waals surface area contributed by atoms with Crippen LogP contribution in [0.15, 0.2) is 36.9 Å². The minimum atomic E-state index is -0.918. The highest BCUT2D eigenvalue weighted by molar-refractivity contribution is 5.93. The molecule has 0 unspecified atom stereocenters. The molecule has 0 heterocycles. The number of rotatable bonds is 13. The van der Waals surface area contributed by atoms with Gasteiger partial charge in [0.1, 0.15) is 23.9 Å². The monoisotopic (exact) mass is 432 g/mol. The molecule has 0 saturated heterocycles. The first-order valence-electron chi connectivity index (χ1n) is 10.2. The van der Waals surface area contributed by atoms with Crippen molar-refractivity contribution in [3.63, 3.8) is 0 Å².